The summed E-state index contributed by atoms with van der Waals surface area (Å²) in [6, 6.07) is 3.85. The van der Waals surface area contributed by atoms with Crippen molar-refractivity contribution in [2.45, 2.75) is 43.5 Å². The zero-order valence-corrected chi connectivity index (χ0v) is 13.2. The second kappa shape index (κ2) is 6.00. The number of hydrogen-bond donors (Lipinski definition) is 0. The molecule has 0 aliphatic carbocycles. The highest BCUT2D eigenvalue weighted by molar-refractivity contribution is 7.89. The Kier molecular flexibility index (Phi) is 4.72. The predicted octanol–water partition coefficient (Wildman–Crippen LogP) is 3.37. The summed E-state index contributed by atoms with van der Waals surface area (Å²) in [4.78, 5) is 0.127. The molecule has 112 valence electrons. The molecule has 1 fully saturated rings. The van der Waals surface area contributed by atoms with Crippen LogP contribution in [0, 0.1) is 11.7 Å². The minimum absolute atomic E-state index is 0.0181. The summed E-state index contributed by atoms with van der Waals surface area (Å²) in [5, 5.41) is 0. The average molecular weight is 320 g/mol. The number of halogens is 2. The van der Waals surface area contributed by atoms with E-state index in [4.69, 9.17) is 11.6 Å². The Morgan fingerprint density at radius 1 is 1.45 bits per heavy atom. The molecular formula is C14H19ClFNO2S. The highest BCUT2D eigenvalue weighted by Gasteiger charge is 2.36. The SMILES string of the molecule is CC(C)C1CCCN1S(=O)(=O)c1ccc(F)c(CCl)c1. The molecule has 1 aliphatic heterocycles. The molecule has 0 amide bonds. The molecule has 0 aromatic heterocycles. The van der Waals surface area contributed by atoms with Gasteiger partial charge in [0, 0.05) is 18.2 Å². The monoisotopic (exact) mass is 319 g/mol. The van der Waals surface area contributed by atoms with Crippen molar-refractivity contribution in [3.05, 3.63) is 29.6 Å². The Morgan fingerprint density at radius 2 is 2.15 bits per heavy atom. The van der Waals surface area contributed by atoms with Gasteiger partial charge in [-0.15, -0.1) is 11.6 Å². The van der Waals surface area contributed by atoms with Crippen molar-refractivity contribution < 1.29 is 12.8 Å². The van der Waals surface area contributed by atoms with Gasteiger partial charge in [0.2, 0.25) is 10.0 Å². The smallest absolute Gasteiger partial charge is 0.207 e. The lowest BCUT2D eigenvalue weighted by Gasteiger charge is -2.27. The van der Waals surface area contributed by atoms with Gasteiger partial charge in [0.1, 0.15) is 5.82 Å². The van der Waals surface area contributed by atoms with E-state index in [9.17, 15) is 12.8 Å². The Labute approximate surface area is 124 Å². The molecule has 1 atom stereocenters. The summed E-state index contributed by atoms with van der Waals surface area (Å²) < 4.78 is 40.4. The van der Waals surface area contributed by atoms with Crippen LogP contribution < -0.4 is 0 Å². The number of rotatable bonds is 4. The molecule has 3 nitrogen and oxygen atoms in total. The van der Waals surface area contributed by atoms with Crippen LogP contribution in [0.5, 0.6) is 0 Å². The molecule has 0 radical (unpaired) electrons. The van der Waals surface area contributed by atoms with Gasteiger partial charge in [-0.25, -0.2) is 12.8 Å². The van der Waals surface area contributed by atoms with E-state index in [1.807, 2.05) is 13.8 Å². The van der Waals surface area contributed by atoms with Gasteiger partial charge in [0.15, 0.2) is 0 Å². The fourth-order valence-corrected chi connectivity index (χ4v) is 4.76. The van der Waals surface area contributed by atoms with E-state index in [1.165, 1.54) is 18.2 Å². The van der Waals surface area contributed by atoms with Crippen molar-refractivity contribution in [3.63, 3.8) is 0 Å². The molecule has 1 heterocycles. The Morgan fingerprint density at radius 3 is 2.75 bits per heavy atom. The van der Waals surface area contributed by atoms with E-state index in [0.29, 0.717) is 6.54 Å². The van der Waals surface area contributed by atoms with Crippen LogP contribution in [0.15, 0.2) is 23.1 Å². The molecule has 1 aromatic carbocycles. The second-order valence-corrected chi connectivity index (χ2v) is 7.61. The summed E-state index contributed by atoms with van der Waals surface area (Å²) in [7, 11) is -3.57. The fraction of sp³-hybridized carbons (Fsp3) is 0.571. The number of hydrogen-bond acceptors (Lipinski definition) is 2. The van der Waals surface area contributed by atoms with E-state index in [-0.39, 0.29) is 28.3 Å². The van der Waals surface area contributed by atoms with Gasteiger partial charge in [-0.2, -0.15) is 4.31 Å². The summed E-state index contributed by atoms with van der Waals surface area (Å²) in [6.45, 7) is 4.57. The molecule has 0 bridgehead atoms. The normalized spacial score (nSPS) is 20.8. The van der Waals surface area contributed by atoms with Crippen molar-refractivity contribution in [3.8, 4) is 0 Å². The summed E-state index contributed by atoms with van der Waals surface area (Å²) in [5.74, 6) is -0.246. The van der Waals surface area contributed by atoms with Gasteiger partial charge < -0.3 is 0 Å². The van der Waals surface area contributed by atoms with Crippen LogP contribution in [-0.4, -0.2) is 25.3 Å². The van der Waals surface area contributed by atoms with Gasteiger partial charge in [-0.05, 0) is 37.0 Å². The summed E-state index contributed by atoms with van der Waals surface area (Å²) >= 11 is 5.64. The molecule has 0 spiro atoms. The van der Waals surface area contributed by atoms with Gasteiger partial charge in [0.25, 0.3) is 0 Å². The van der Waals surface area contributed by atoms with Gasteiger partial charge in [0.05, 0.1) is 10.8 Å². The number of nitrogens with zero attached hydrogens (tertiary/aromatic N) is 1. The molecule has 20 heavy (non-hydrogen) atoms. The van der Waals surface area contributed by atoms with Crippen LogP contribution in [0.3, 0.4) is 0 Å². The van der Waals surface area contributed by atoms with Crippen molar-refractivity contribution >= 4 is 21.6 Å². The maximum Gasteiger partial charge on any atom is 0.243 e. The molecule has 0 saturated carbocycles. The minimum Gasteiger partial charge on any atom is -0.207 e. The van der Waals surface area contributed by atoms with Crippen molar-refractivity contribution in [2.75, 3.05) is 6.54 Å². The molecule has 6 heteroatoms. The second-order valence-electron chi connectivity index (χ2n) is 5.46. The topological polar surface area (TPSA) is 37.4 Å². The van der Waals surface area contributed by atoms with Crippen LogP contribution >= 0.6 is 11.6 Å². The first-order valence-electron chi connectivity index (χ1n) is 6.74. The highest BCUT2D eigenvalue weighted by atomic mass is 35.5. The first-order valence-corrected chi connectivity index (χ1v) is 8.71. The van der Waals surface area contributed by atoms with Gasteiger partial charge >= 0.3 is 0 Å². The zero-order valence-electron chi connectivity index (χ0n) is 11.6. The third-order valence-electron chi connectivity index (χ3n) is 3.79. The Balaban J connectivity index is 2.40. The van der Waals surface area contributed by atoms with E-state index in [2.05, 4.69) is 0 Å². The lowest BCUT2D eigenvalue weighted by atomic mass is 10.0. The van der Waals surface area contributed by atoms with Crippen molar-refractivity contribution in [1.82, 2.24) is 4.31 Å². The number of sulfonamides is 1. The first-order chi connectivity index (χ1) is 9.37. The lowest BCUT2D eigenvalue weighted by molar-refractivity contribution is 0.315. The largest absolute Gasteiger partial charge is 0.243 e. The summed E-state index contributed by atoms with van der Waals surface area (Å²) in [6.07, 6.45) is 1.74. The molecule has 1 saturated heterocycles. The van der Waals surface area contributed by atoms with E-state index in [1.54, 1.807) is 4.31 Å². The van der Waals surface area contributed by atoms with Crippen LogP contribution in [0.1, 0.15) is 32.3 Å². The van der Waals surface area contributed by atoms with Gasteiger partial charge in [-0.1, -0.05) is 13.8 Å². The van der Waals surface area contributed by atoms with Crippen LogP contribution in [-0.2, 0) is 15.9 Å². The molecule has 1 unspecified atom stereocenters. The molecular weight excluding hydrogens is 301 g/mol. The van der Waals surface area contributed by atoms with E-state index in [0.717, 1.165) is 12.8 Å². The molecule has 1 aromatic rings. The molecule has 2 rings (SSSR count). The van der Waals surface area contributed by atoms with Crippen LogP contribution in [0.4, 0.5) is 4.39 Å². The standard InChI is InChI=1S/C14H19ClFNO2S/c1-10(2)14-4-3-7-17(14)20(18,19)12-5-6-13(16)11(8-12)9-15/h5-6,8,10,14H,3-4,7,9H2,1-2H3. The number of benzene rings is 1. The van der Waals surface area contributed by atoms with Crippen molar-refractivity contribution in [1.29, 1.82) is 0 Å². The Hall–Kier alpha value is -0.650. The maximum atomic E-state index is 13.4. The first kappa shape index (κ1) is 15.7. The van der Waals surface area contributed by atoms with Crippen LogP contribution in [0.2, 0.25) is 0 Å². The average Bonchev–Trinajstić information content (AvgIpc) is 2.89. The number of alkyl halides is 1. The van der Waals surface area contributed by atoms with Crippen molar-refractivity contribution in [2.24, 2.45) is 5.92 Å². The minimum atomic E-state index is -3.57. The molecule has 0 N–H and O–H groups in total. The maximum absolute atomic E-state index is 13.4. The molecule has 1 aliphatic rings. The van der Waals surface area contributed by atoms with Gasteiger partial charge in [-0.3, -0.25) is 0 Å². The van der Waals surface area contributed by atoms with E-state index >= 15 is 0 Å². The third kappa shape index (κ3) is 2.85. The fourth-order valence-electron chi connectivity index (χ4n) is 2.68. The third-order valence-corrected chi connectivity index (χ3v) is 5.99. The van der Waals surface area contributed by atoms with E-state index < -0.39 is 15.8 Å². The van der Waals surface area contributed by atoms with Crippen LogP contribution in [0.25, 0.3) is 0 Å². The lowest BCUT2D eigenvalue weighted by Crippen LogP contribution is -2.38. The zero-order chi connectivity index (χ0) is 14.9. The highest BCUT2D eigenvalue weighted by Crippen LogP contribution is 2.30. The Bertz CT molecular complexity index is 589. The summed E-state index contributed by atoms with van der Waals surface area (Å²) in [5.41, 5.74) is 0.216. The quantitative estimate of drug-likeness (QED) is 0.798. The predicted molar refractivity (Wildman–Crippen MR) is 77.7 cm³/mol.